The highest BCUT2D eigenvalue weighted by Crippen LogP contribution is 2.32. The van der Waals surface area contributed by atoms with Crippen molar-refractivity contribution in [3.8, 4) is 0 Å². The van der Waals surface area contributed by atoms with E-state index in [0.29, 0.717) is 33.4 Å². The van der Waals surface area contributed by atoms with E-state index in [-0.39, 0.29) is 0 Å². The molecule has 0 aromatic rings. The van der Waals surface area contributed by atoms with Gasteiger partial charge in [0, 0.05) is 0 Å². The van der Waals surface area contributed by atoms with Crippen LogP contribution in [-0.2, 0) is 28.5 Å². The van der Waals surface area contributed by atoms with E-state index in [2.05, 4.69) is 0 Å². The summed E-state index contributed by atoms with van der Waals surface area (Å²) in [5, 5.41) is 18.3. The van der Waals surface area contributed by atoms with Crippen molar-refractivity contribution in [2.45, 2.75) is 51.4 Å². The van der Waals surface area contributed by atoms with Crippen LogP contribution in [0.25, 0.3) is 0 Å². The fraction of sp³-hybridized carbons (Fsp3) is 0.750. The second-order valence-electron chi connectivity index (χ2n) is 6.64. The summed E-state index contributed by atoms with van der Waals surface area (Å²) in [7, 11) is 0.603. The lowest BCUT2D eigenvalue weighted by molar-refractivity contribution is -0.157. The molecule has 2 aliphatic rings. The Bertz CT molecular complexity index is 488. The number of carbonyl (C=O) groups is 4. The molecule has 2 rings (SSSR count). The Morgan fingerprint density at radius 1 is 0.640 bits per heavy atom. The largest absolute Gasteiger partial charge is 0.662 e. The molecule has 4 atom stereocenters. The molecule has 2 aliphatic carbocycles. The summed E-state index contributed by atoms with van der Waals surface area (Å²) in [6.45, 7) is 0. The Morgan fingerprint density at radius 3 is 1.28 bits per heavy atom. The first-order valence-electron chi connectivity index (χ1n) is 8.60. The zero-order chi connectivity index (χ0) is 18.4. The van der Waals surface area contributed by atoms with Gasteiger partial charge < -0.3 is 19.5 Å². The van der Waals surface area contributed by atoms with Gasteiger partial charge in [-0.05, 0) is 25.7 Å². The summed E-state index contributed by atoms with van der Waals surface area (Å²) in [6, 6.07) is 0. The van der Waals surface area contributed by atoms with Crippen molar-refractivity contribution < 1.29 is 38.7 Å². The Balaban J connectivity index is 1.82. The van der Waals surface area contributed by atoms with Crippen LogP contribution in [-0.4, -0.2) is 41.8 Å². The number of hydrogen-bond donors (Lipinski definition) is 2. The summed E-state index contributed by atoms with van der Waals surface area (Å²) in [5.74, 6) is -6.66. The highest BCUT2D eigenvalue weighted by Gasteiger charge is 2.39. The summed E-state index contributed by atoms with van der Waals surface area (Å²) >= 11 is 0. The van der Waals surface area contributed by atoms with E-state index in [4.69, 9.17) is 19.5 Å². The van der Waals surface area contributed by atoms with Crippen LogP contribution in [0.2, 0.25) is 0 Å². The first kappa shape index (κ1) is 19.3. The highest BCUT2D eigenvalue weighted by atomic mass is 16.6. The van der Waals surface area contributed by atoms with Crippen molar-refractivity contribution in [1.82, 2.24) is 0 Å². The molecule has 0 amide bonds. The molecule has 8 nitrogen and oxygen atoms in total. The summed E-state index contributed by atoms with van der Waals surface area (Å²) in [5.41, 5.74) is 0. The van der Waals surface area contributed by atoms with E-state index in [1.807, 2.05) is 0 Å². The average Bonchev–Trinajstić information content (AvgIpc) is 2.61. The second-order valence-corrected chi connectivity index (χ2v) is 6.64. The van der Waals surface area contributed by atoms with Crippen LogP contribution in [0, 0.1) is 23.7 Å². The lowest BCUT2D eigenvalue weighted by atomic mass is 9.79. The minimum Gasteiger partial charge on any atom is -0.499 e. The van der Waals surface area contributed by atoms with Gasteiger partial charge in [-0.3, -0.25) is 19.2 Å². The van der Waals surface area contributed by atoms with Crippen molar-refractivity contribution >= 4 is 31.6 Å². The Kier molecular flexibility index (Phi) is 6.84. The van der Waals surface area contributed by atoms with Gasteiger partial charge in [0.15, 0.2) is 0 Å². The van der Waals surface area contributed by atoms with Gasteiger partial charge in [0.05, 0.1) is 23.7 Å². The minimum atomic E-state index is -1.04. The molecule has 9 heteroatoms. The smallest absolute Gasteiger partial charge is 0.499 e. The van der Waals surface area contributed by atoms with Gasteiger partial charge in [0.2, 0.25) is 0 Å². The van der Waals surface area contributed by atoms with E-state index in [9.17, 15) is 19.2 Å². The first-order valence-corrected chi connectivity index (χ1v) is 8.60. The van der Waals surface area contributed by atoms with E-state index in [0.717, 1.165) is 25.7 Å². The predicted octanol–water partition coefficient (Wildman–Crippen LogP) is 1.39. The molecule has 0 aliphatic heterocycles. The second kappa shape index (κ2) is 8.87. The SMILES string of the molecule is O=C(O)C1CCCCC1C(=O)O[B]OC(=O)C1CCCCC1C(=O)O. The van der Waals surface area contributed by atoms with Gasteiger partial charge in [-0.25, -0.2) is 0 Å². The number of rotatable bonds is 6. The standard InChI is InChI=1S/C16H22BO8/c18-13(19)9-5-1-3-7-11(9)15(22)24-17-25-16(23)12-8-4-2-6-10(12)14(20)21/h9-12H,1-8H2,(H,18,19)(H,20,21). The maximum absolute atomic E-state index is 12.0. The zero-order valence-corrected chi connectivity index (χ0v) is 13.9. The molecule has 0 aromatic heterocycles. The van der Waals surface area contributed by atoms with Crippen molar-refractivity contribution in [2.24, 2.45) is 23.7 Å². The van der Waals surface area contributed by atoms with Gasteiger partial charge >= 0.3 is 19.6 Å². The predicted molar refractivity (Wildman–Crippen MR) is 84.1 cm³/mol. The number of carboxylic acid groups (broad SMARTS) is 2. The van der Waals surface area contributed by atoms with Gasteiger partial charge in [-0.2, -0.15) is 0 Å². The normalized spacial score (nSPS) is 29.3. The number of aliphatic carboxylic acids is 2. The maximum atomic E-state index is 12.0. The fourth-order valence-electron chi connectivity index (χ4n) is 3.71. The van der Waals surface area contributed by atoms with Crippen LogP contribution < -0.4 is 0 Å². The number of carbonyl (C=O) groups excluding carboxylic acids is 2. The molecule has 4 unspecified atom stereocenters. The molecule has 0 aromatic carbocycles. The molecule has 0 spiro atoms. The summed E-state index contributed by atoms with van der Waals surface area (Å²) < 4.78 is 9.60. The molecular formula is C16H22BO8. The summed E-state index contributed by atoms with van der Waals surface area (Å²) in [6.07, 6.45) is 4.64. The number of carboxylic acids is 2. The van der Waals surface area contributed by atoms with Crippen LogP contribution in [0.15, 0.2) is 0 Å². The lowest BCUT2D eigenvalue weighted by Crippen LogP contribution is -2.37. The van der Waals surface area contributed by atoms with Crippen LogP contribution >= 0.6 is 0 Å². The van der Waals surface area contributed by atoms with Crippen molar-refractivity contribution in [3.63, 3.8) is 0 Å². The third kappa shape index (κ3) is 4.96. The van der Waals surface area contributed by atoms with Gasteiger partial charge in [-0.15, -0.1) is 0 Å². The van der Waals surface area contributed by atoms with E-state index < -0.39 is 47.5 Å². The molecule has 0 saturated heterocycles. The molecule has 137 valence electrons. The molecular weight excluding hydrogens is 331 g/mol. The van der Waals surface area contributed by atoms with Crippen LogP contribution in [0.5, 0.6) is 0 Å². The molecule has 2 fully saturated rings. The van der Waals surface area contributed by atoms with E-state index in [1.165, 1.54) is 0 Å². The topological polar surface area (TPSA) is 127 Å². The molecule has 0 heterocycles. The average molecular weight is 353 g/mol. The Hall–Kier alpha value is -2.06. The Morgan fingerprint density at radius 2 is 0.960 bits per heavy atom. The Labute approximate surface area is 146 Å². The summed E-state index contributed by atoms with van der Waals surface area (Å²) in [4.78, 5) is 46.5. The lowest BCUT2D eigenvalue weighted by Gasteiger charge is -2.27. The molecule has 0 bridgehead atoms. The minimum absolute atomic E-state index is 0.414. The third-order valence-electron chi connectivity index (χ3n) is 5.10. The van der Waals surface area contributed by atoms with Crippen molar-refractivity contribution in [3.05, 3.63) is 0 Å². The number of hydrogen-bond acceptors (Lipinski definition) is 6. The highest BCUT2D eigenvalue weighted by molar-refractivity contribution is 6.26. The van der Waals surface area contributed by atoms with Gasteiger partial charge in [0.1, 0.15) is 0 Å². The van der Waals surface area contributed by atoms with Gasteiger partial charge in [0.25, 0.3) is 11.9 Å². The quantitative estimate of drug-likeness (QED) is 0.686. The van der Waals surface area contributed by atoms with Crippen LogP contribution in [0.4, 0.5) is 0 Å². The van der Waals surface area contributed by atoms with Crippen LogP contribution in [0.3, 0.4) is 0 Å². The first-order chi connectivity index (χ1) is 11.9. The van der Waals surface area contributed by atoms with E-state index in [1.54, 1.807) is 0 Å². The maximum Gasteiger partial charge on any atom is 0.662 e. The zero-order valence-electron chi connectivity index (χ0n) is 13.9. The van der Waals surface area contributed by atoms with Crippen LogP contribution in [0.1, 0.15) is 51.4 Å². The fourth-order valence-corrected chi connectivity index (χ4v) is 3.71. The molecule has 2 saturated carbocycles. The van der Waals surface area contributed by atoms with Crippen molar-refractivity contribution in [1.29, 1.82) is 0 Å². The molecule has 1 radical (unpaired) electrons. The monoisotopic (exact) mass is 353 g/mol. The molecule has 25 heavy (non-hydrogen) atoms. The van der Waals surface area contributed by atoms with Gasteiger partial charge in [-0.1, -0.05) is 25.7 Å². The molecule has 2 N–H and O–H groups in total. The van der Waals surface area contributed by atoms with Crippen molar-refractivity contribution in [2.75, 3.05) is 0 Å². The third-order valence-corrected chi connectivity index (χ3v) is 5.10. The van der Waals surface area contributed by atoms with E-state index >= 15 is 0 Å².